The summed E-state index contributed by atoms with van der Waals surface area (Å²) in [6.45, 7) is 3.14. The number of aromatic carboxylic acids is 1. The normalized spacial score (nSPS) is 20.5. The van der Waals surface area contributed by atoms with Gasteiger partial charge in [-0.05, 0) is 12.8 Å². The number of carboxylic acid groups (broad SMARTS) is 1. The first kappa shape index (κ1) is 12.2. The summed E-state index contributed by atoms with van der Waals surface area (Å²) in [7, 11) is 0. The summed E-state index contributed by atoms with van der Waals surface area (Å²) in [6.07, 6.45) is 3.65. The highest BCUT2D eigenvalue weighted by molar-refractivity contribution is 5.95. The minimum atomic E-state index is -1.08. The molecule has 102 valence electrons. The van der Waals surface area contributed by atoms with E-state index in [4.69, 9.17) is 9.52 Å². The van der Waals surface area contributed by atoms with Gasteiger partial charge >= 0.3 is 5.97 Å². The number of furan rings is 1. The zero-order chi connectivity index (χ0) is 13.4. The number of hydrogen-bond donors (Lipinski definition) is 1. The number of nitrogens with zero attached hydrogens (tertiary/aromatic N) is 2. The molecule has 1 aliphatic carbocycles. The molecule has 0 radical (unpaired) electrons. The Morgan fingerprint density at radius 2 is 1.89 bits per heavy atom. The molecule has 0 unspecified atom stereocenters. The molecule has 0 bridgehead atoms. The number of hydrogen-bond acceptors (Lipinski definition) is 4. The smallest absolute Gasteiger partial charge is 0.338 e. The Labute approximate surface area is 110 Å². The van der Waals surface area contributed by atoms with Crippen LogP contribution in [0, 0.1) is 0 Å². The second-order valence-electron chi connectivity index (χ2n) is 5.06. The molecule has 19 heavy (non-hydrogen) atoms. The van der Waals surface area contributed by atoms with Crippen molar-refractivity contribution in [2.24, 2.45) is 0 Å². The molecule has 1 saturated carbocycles. The first-order chi connectivity index (χ1) is 9.15. The number of carboxylic acids is 1. The van der Waals surface area contributed by atoms with Crippen LogP contribution in [0.5, 0.6) is 0 Å². The maximum absolute atomic E-state index is 12.1. The number of carbonyl (C=O) groups excluding carboxylic acids is 1. The van der Waals surface area contributed by atoms with Crippen LogP contribution in [-0.4, -0.2) is 59.0 Å². The van der Waals surface area contributed by atoms with Gasteiger partial charge in [-0.2, -0.15) is 0 Å². The fourth-order valence-electron chi connectivity index (χ4n) is 2.45. The van der Waals surface area contributed by atoms with Gasteiger partial charge in [-0.25, -0.2) is 4.79 Å². The van der Waals surface area contributed by atoms with Crippen LogP contribution in [0.25, 0.3) is 0 Å². The molecule has 0 atom stereocenters. The second-order valence-corrected chi connectivity index (χ2v) is 5.06. The zero-order valence-electron chi connectivity index (χ0n) is 10.5. The van der Waals surface area contributed by atoms with Gasteiger partial charge in [0.1, 0.15) is 6.26 Å². The Bertz CT molecular complexity index is 498. The third-order valence-corrected chi connectivity index (χ3v) is 3.72. The third kappa shape index (κ3) is 2.49. The van der Waals surface area contributed by atoms with Crippen molar-refractivity contribution in [3.8, 4) is 0 Å². The summed E-state index contributed by atoms with van der Waals surface area (Å²) in [5.74, 6) is -1.19. The number of rotatable bonds is 3. The molecular weight excluding hydrogens is 248 g/mol. The van der Waals surface area contributed by atoms with Gasteiger partial charge in [-0.15, -0.1) is 0 Å². The summed E-state index contributed by atoms with van der Waals surface area (Å²) < 4.78 is 5.04. The minimum Gasteiger partial charge on any atom is -0.478 e. The van der Waals surface area contributed by atoms with Crippen LogP contribution in [0.4, 0.5) is 0 Å². The standard InChI is InChI=1S/C13H16N2O4/c16-12(11-7-9(8-19-11)13(17)18)15-5-3-14(4-6-15)10-1-2-10/h7-8,10H,1-6H2,(H,17,18). The molecular formula is C13H16N2O4. The van der Waals surface area contributed by atoms with Crippen LogP contribution in [0.1, 0.15) is 33.8 Å². The fraction of sp³-hybridized carbons (Fsp3) is 0.538. The van der Waals surface area contributed by atoms with Crippen molar-refractivity contribution in [3.05, 3.63) is 23.7 Å². The lowest BCUT2D eigenvalue weighted by atomic mass is 10.2. The van der Waals surface area contributed by atoms with Crippen LogP contribution < -0.4 is 0 Å². The molecule has 1 amide bonds. The first-order valence-electron chi connectivity index (χ1n) is 6.50. The fourth-order valence-corrected chi connectivity index (χ4v) is 2.45. The molecule has 1 N–H and O–H groups in total. The van der Waals surface area contributed by atoms with Crippen LogP contribution in [0.15, 0.2) is 16.7 Å². The van der Waals surface area contributed by atoms with Crippen molar-refractivity contribution in [2.45, 2.75) is 18.9 Å². The Kier molecular flexibility index (Phi) is 3.02. The van der Waals surface area contributed by atoms with Crippen molar-refractivity contribution < 1.29 is 19.1 Å². The predicted octanol–water partition coefficient (Wildman–Crippen LogP) is 0.898. The van der Waals surface area contributed by atoms with Crippen LogP contribution in [0.2, 0.25) is 0 Å². The summed E-state index contributed by atoms with van der Waals surface area (Å²) in [6, 6.07) is 2.01. The molecule has 1 aromatic heterocycles. The highest BCUT2D eigenvalue weighted by Gasteiger charge is 2.33. The van der Waals surface area contributed by atoms with E-state index in [9.17, 15) is 9.59 Å². The summed E-state index contributed by atoms with van der Waals surface area (Å²) >= 11 is 0. The van der Waals surface area contributed by atoms with E-state index in [-0.39, 0.29) is 17.2 Å². The lowest BCUT2D eigenvalue weighted by molar-refractivity contribution is 0.0596. The molecule has 1 aromatic rings. The maximum atomic E-state index is 12.1. The summed E-state index contributed by atoms with van der Waals surface area (Å²) in [4.78, 5) is 27.0. The average Bonchev–Trinajstić information content (AvgIpc) is 3.14. The topological polar surface area (TPSA) is 74.0 Å². The van der Waals surface area contributed by atoms with Crippen molar-refractivity contribution in [1.82, 2.24) is 9.80 Å². The maximum Gasteiger partial charge on any atom is 0.338 e. The molecule has 3 rings (SSSR count). The van der Waals surface area contributed by atoms with Gasteiger partial charge in [0, 0.05) is 38.3 Å². The van der Waals surface area contributed by atoms with Gasteiger partial charge in [-0.1, -0.05) is 0 Å². The molecule has 1 saturated heterocycles. The molecule has 2 aliphatic rings. The van der Waals surface area contributed by atoms with Gasteiger partial charge in [-0.3, -0.25) is 9.69 Å². The van der Waals surface area contributed by atoms with Crippen molar-refractivity contribution in [3.63, 3.8) is 0 Å². The highest BCUT2D eigenvalue weighted by Crippen LogP contribution is 2.27. The van der Waals surface area contributed by atoms with Crippen LogP contribution in [-0.2, 0) is 0 Å². The van der Waals surface area contributed by atoms with Gasteiger partial charge in [0.05, 0.1) is 5.56 Å². The Morgan fingerprint density at radius 1 is 1.21 bits per heavy atom. The van der Waals surface area contributed by atoms with Gasteiger partial charge in [0.25, 0.3) is 5.91 Å². The van der Waals surface area contributed by atoms with Crippen molar-refractivity contribution >= 4 is 11.9 Å². The Balaban J connectivity index is 1.62. The summed E-state index contributed by atoms with van der Waals surface area (Å²) in [5.41, 5.74) is 0.0139. The van der Waals surface area contributed by atoms with E-state index < -0.39 is 5.97 Å². The number of carbonyl (C=O) groups is 2. The van der Waals surface area contributed by atoms with Crippen molar-refractivity contribution in [2.75, 3.05) is 26.2 Å². The molecule has 0 aromatic carbocycles. The predicted molar refractivity (Wildman–Crippen MR) is 66.2 cm³/mol. The second kappa shape index (κ2) is 4.70. The van der Waals surface area contributed by atoms with E-state index >= 15 is 0 Å². The van der Waals surface area contributed by atoms with E-state index in [0.29, 0.717) is 13.1 Å². The lowest BCUT2D eigenvalue weighted by Crippen LogP contribution is -2.49. The largest absolute Gasteiger partial charge is 0.478 e. The quantitative estimate of drug-likeness (QED) is 0.878. The zero-order valence-corrected chi connectivity index (χ0v) is 10.5. The van der Waals surface area contributed by atoms with E-state index in [1.807, 2.05) is 0 Å². The molecule has 2 heterocycles. The average molecular weight is 264 g/mol. The van der Waals surface area contributed by atoms with Gasteiger partial charge < -0.3 is 14.4 Å². The van der Waals surface area contributed by atoms with Gasteiger partial charge in [0.2, 0.25) is 0 Å². The number of piperazine rings is 1. The van der Waals surface area contributed by atoms with Crippen LogP contribution >= 0.6 is 0 Å². The molecule has 2 fully saturated rings. The number of amides is 1. The van der Waals surface area contributed by atoms with E-state index in [1.54, 1.807) is 4.90 Å². The summed E-state index contributed by atoms with van der Waals surface area (Å²) in [5, 5.41) is 8.80. The molecule has 6 nitrogen and oxygen atoms in total. The highest BCUT2D eigenvalue weighted by atomic mass is 16.4. The SMILES string of the molecule is O=C(O)c1coc(C(=O)N2CCN(C3CC3)CC2)c1. The lowest BCUT2D eigenvalue weighted by Gasteiger charge is -2.34. The van der Waals surface area contributed by atoms with E-state index in [2.05, 4.69) is 4.90 Å². The van der Waals surface area contributed by atoms with E-state index in [0.717, 1.165) is 25.4 Å². The Morgan fingerprint density at radius 3 is 2.42 bits per heavy atom. The molecule has 1 aliphatic heterocycles. The minimum absolute atomic E-state index is 0.0139. The molecule has 6 heteroatoms. The Hall–Kier alpha value is -1.82. The van der Waals surface area contributed by atoms with Crippen LogP contribution in [0.3, 0.4) is 0 Å². The first-order valence-corrected chi connectivity index (χ1v) is 6.50. The van der Waals surface area contributed by atoms with Crippen molar-refractivity contribution in [1.29, 1.82) is 0 Å². The van der Waals surface area contributed by atoms with Gasteiger partial charge in [0.15, 0.2) is 5.76 Å². The third-order valence-electron chi connectivity index (χ3n) is 3.72. The monoisotopic (exact) mass is 264 g/mol. The molecule has 0 spiro atoms. The van der Waals surface area contributed by atoms with E-state index in [1.165, 1.54) is 18.9 Å².